The van der Waals surface area contributed by atoms with Crippen LogP contribution in [0.25, 0.3) is 10.9 Å². The maximum atomic E-state index is 5.83. The largest absolute Gasteiger partial charge is 0.448 e. The summed E-state index contributed by atoms with van der Waals surface area (Å²) in [5.74, 6) is 2.54. The molecule has 0 saturated heterocycles. The molecule has 1 saturated carbocycles. The molecule has 1 aliphatic rings. The van der Waals surface area contributed by atoms with Crippen molar-refractivity contribution in [2.24, 2.45) is 0 Å². The van der Waals surface area contributed by atoms with Crippen molar-refractivity contribution in [2.75, 3.05) is 24.3 Å². The highest BCUT2D eigenvalue weighted by molar-refractivity contribution is 6.28. The zero-order chi connectivity index (χ0) is 19.5. The molecule has 6 nitrogen and oxygen atoms in total. The Kier molecular flexibility index (Phi) is 6.98. The second-order valence-electron chi connectivity index (χ2n) is 7.56. The van der Waals surface area contributed by atoms with Gasteiger partial charge in [0.15, 0.2) is 5.22 Å². The van der Waals surface area contributed by atoms with Crippen LogP contribution in [0.2, 0.25) is 5.22 Å². The predicted molar refractivity (Wildman–Crippen MR) is 121 cm³/mol. The molecule has 2 N–H and O–H groups in total. The number of nitrogens with zero attached hydrogens (tertiary/aromatic N) is 3. The van der Waals surface area contributed by atoms with Gasteiger partial charge in [-0.05, 0) is 61.5 Å². The minimum absolute atomic E-state index is 0. The van der Waals surface area contributed by atoms with Gasteiger partial charge < -0.3 is 20.0 Å². The topological polar surface area (TPSA) is 66.2 Å². The Balaban J connectivity index is 0.00000240. The highest BCUT2D eigenvalue weighted by Gasteiger charge is 2.22. The fourth-order valence-corrected chi connectivity index (χ4v) is 3.94. The van der Waals surface area contributed by atoms with E-state index in [1.165, 1.54) is 0 Å². The standard InChI is InChI=1S/C21H26ClN5O.CH4/c1-27(2)20-17-5-3-4-6-18(17)25-21(26-20)24-15-9-7-14(8-10-15)23-13-16-11-12-19(22)28-16;/h3-6,11-12,14-15,23H,7-10,13H2,1-2H3,(H,24,25,26);1H4. The molecule has 7 heteroatoms. The molecule has 156 valence electrons. The van der Waals surface area contributed by atoms with Crippen molar-refractivity contribution in [3.8, 4) is 0 Å². The fraction of sp³-hybridized carbons (Fsp3) is 0.455. The first-order valence-corrected chi connectivity index (χ1v) is 10.1. The second kappa shape index (κ2) is 9.46. The third kappa shape index (κ3) is 5.19. The lowest BCUT2D eigenvalue weighted by Crippen LogP contribution is -2.36. The molecule has 1 aliphatic carbocycles. The summed E-state index contributed by atoms with van der Waals surface area (Å²) < 4.78 is 5.41. The molecule has 29 heavy (non-hydrogen) atoms. The van der Waals surface area contributed by atoms with Gasteiger partial charge in [-0.1, -0.05) is 19.6 Å². The van der Waals surface area contributed by atoms with Crippen molar-refractivity contribution in [1.29, 1.82) is 0 Å². The van der Waals surface area contributed by atoms with Gasteiger partial charge in [-0.3, -0.25) is 0 Å². The van der Waals surface area contributed by atoms with E-state index in [0.29, 0.717) is 23.3 Å². The molecule has 0 radical (unpaired) electrons. The molecule has 2 heterocycles. The van der Waals surface area contributed by atoms with Gasteiger partial charge in [-0.25, -0.2) is 4.98 Å². The molecule has 3 aromatic rings. The maximum Gasteiger partial charge on any atom is 0.225 e. The minimum Gasteiger partial charge on any atom is -0.448 e. The number of nitrogens with one attached hydrogen (secondary N) is 2. The summed E-state index contributed by atoms with van der Waals surface area (Å²) in [4.78, 5) is 11.5. The Morgan fingerprint density at radius 3 is 2.45 bits per heavy atom. The summed E-state index contributed by atoms with van der Waals surface area (Å²) >= 11 is 5.83. The molecule has 0 atom stereocenters. The smallest absolute Gasteiger partial charge is 0.225 e. The van der Waals surface area contributed by atoms with E-state index < -0.39 is 0 Å². The van der Waals surface area contributed by atoms with Gasteiger partial charge in [-0.2, -0.15) is 4.98 Å². The first kappa shape index (κ1) is 21.4. The van der Waals surface area contributed by atoms with Crippen molar-refractivity contribution < 1.29 is 4.42 Å². The molecule has 0 aliphatic heterocycles. The van der Waals surface area contributed by atoms with E-state index in [4.69, 9.17) is 26.0 Å². The maximum absolute atomic E-state index is 5.83. The highest BCUT2D eigenvalue weighted by atomic mass is 35.5. The molecule has 2 aromatic heterocycles. The Labute approximate surface area is 177 Å². The van der Waals surface area contributed by atoms with Gasteiger partial charge in [0, 0.05) is 31.6 Å². The van der Waals surface area contributed by atoms with Crippen molar-refractivity contribution in [3.05, 3.63) is 47.4 Å². The zero-order valence-electron chi connectivity index (χ0n) is 16.3. The van der Waals surface area contributed by atoms with Gasteiger partial charge >= 0.3 is 0 Å². The van der Waals surface area contributed by atoms with Crippen molar-refractivity contribution in [3.63, 3.8) is 0 Å². The van der Waals surface area contributed by atoms with Crippen molar-refractivity contribution in [1.82, 2.24) is 15.3 Å². The monoisotopic (exact) mass is 415 g/mol. The lowest BCUT2D eigenvalue weighted by molar-refractivity contribution is 0.340. The number of benzene rings is 1. The van der Waals surface area contributed by atoms with Crippen LogP contribution in [-0.2, 0) is 6.54 Å². The van der Waals surface area contributed by atoms with Crippen molar-refractivity contribution in [2.45, 2.75) is 51.7 Å². The molecule has 0 spiro atoms. The molecule has 0 unspecified atom stereocenters. The van der Waals surface area contributed by atoms with E-state index >= 15 is 0 Å². The average molecular weight is 416 g/mol. The first-order chi connectivity index (χ1) is 13.6. The predicted octanol–water partition coefficient (Wildman–Crippen LogP) is 5.09. The van der Waals surface area contributed by atoms with E-state index in [9.17, 15) is 0 Å². The molecule has 0 bridgehead atoms. The Morgan fingerprint density at radius 2 is 1.76 bits per heavy atom. The van der Waals surface area contributed by atoms with Crippen LogP contribution in [0.5, 0.6) is 0 Å². The number of fused-ring (bicyclic) bond motifs is 1. The van der Waals surface area contributed by atoms with Crippen LogP contribution in [0.3, 0.4) is 0 Å². The Bertz CT molecular complexity index is 934. The molecule has 1 aromatic carbocycles. The molecular formula is C22H30ClN5O. The number of anilines is 2. The van der Waals surface area contributed by atoms with Crippen LogP contribution < -0.4 is 15.5 Å². The van der Waals surface area contributed by atoms with Gasteiger partial charge in [0.25, 0.3) is 0 Å². The SMILES string of the molecule is C.CN(C)c1nc(NC2CCC(NCc3ccc(Cl)o3)CC2)nc2ccccc12. The summed E-state index contributed by atoms with van der Waals surface area (Å²) in [5.41, 5.74) is 0.969. The van der Waals surface area contributed by atoms with Crippen LogP contribution in [0.4, 0.5) is 11.8 Å². The Morgan fingerprint density at radius 1 is 1.03 bits per heavy atom. The van der Waals surface area contributed by atoms with E-state index in [-0.39, 0.29) is 7.43 Å². The summed E-state index contributed by atoms with van der Waals surface area (Å²) in [5, 5.41) is 8.63. The molecular weight excluding hydrogens is 386 g/mol. The highest BCUT2D eigenvalue weighted by Crippen LogP contribution is 2.26. The molecule has 4 rings (SSSR count). The third-order valence-electron chi connectivity index (χ3n) is 5.26. The third-order valence-corrected chi connectivity index (χ3v) is 5.46. The minimum atomic E-state index is 0. The van der Waals surface area contributed by atoms with Crippen LogP contribution in [0.15, 0.2) is 40.8 Å². The number of furan rings is 1. The van der Waals surface area contributed by atoms with Crippen LogP contribution >= 0.6 is 11.6 Å². The fourth-order valence-electron chi connectivity index (χ4n) is 3.78. The first-order valence-electron chi connectivity index (χ1n) is 9.77. The van der Waals surface area contributed by atoms with E-state index in [2.05, 4.69) is 16.7 Å². The normalized spacial score (nSPS) is 19.0. The van der Waals surface area contributed by atoms with Crippen LogP contribution in [0, 0.1) is 0 Å². The number of hydrogen-bond acceptors (Lipinski definition) is 6. The van der Waals surface area contributed by atoms with E-state index in [0.717, 1.165) is 54.7 Å². The Hall–Kier alpha value is -2.31. The zero-order valence-corrected chi connectivity index (χ0v) is 17.0. The van der Waals surface area contributed by atoms with Crippen LogP contribution in [-0.4, -0.2) is 36.1 Å². The number of halogens is 1. The summed E-state index contributed by atoms with van der Waals surface area (Å²) in [6.07, 6.45) is 4.40. The summed E-state index contributed by atoms with van der Waals surface area (Å²) in [6.45, 7) is 0.718. The number of hydrogen-bond donors (Lipinski definition) is 2. The average Bonchev–Trinajstić information content (AvgIpc) is 3.12. The molecule has 1 fully saturated rings. The van der Waals surface area contributed by atoms with E-state index in [1.54, 1.807) is 6.07 Å². The van der Waals surface area contributed by atoms with E-state index in [1.807, 2.05) is 43.3 Å². The summed E-state index contributed by atoms with van der Waals surface area (Å²) in [7, 11) is 4.03. The quantitative estimate of drug-likeness (QED) is 0.584. The van der Waals surface area contributed by atoms with Gasteiger partial charge in [-0.15, -0.1) is 0 Å². The lowest BCUT2D eigenvalue weighted by atomic mass is 9.91. The molecule has 0 amide bonds. The number of rotatable bonds is 6. The van der Waals surface area contributed by atoms with Crippen molar-refractivity contribution >= 4 is 34.3 Å². The lowest BCUT2D eigenvalue weighted by Gasteiger charge is -2.30. The summed E-state index contributed by atoms with van der Waals surface area (Å²) in [6, 6.07) is 12.7. The number of aromatic nitrogens is 2. The number of para-hydroxylation sites is 1. The second-order valence-corrected chi connectivity index (χ2v) is 7.93. The van der Waals surface area contributed by atoms with Gasteiger partial charge in [0.2, 0.25) is 5.95 Å². The van der Waals surface area contributed by atoms with Crippen LogP contribution in [0.1, 0.15) is 38.9 Å². The van der Waals surface area contributed by atoms with Gasteiger partial charge in [0.05, 0.1) is 12.1 Å². The van der Waals surface area contributed by atoms with Gasteiger partial charge in [0.1, 0.15) is 11.6 Å².